The molecule has 0 saturated heterocycles. The molecule has 0 heterocycles. The third kappa shape index (κ3) is 6.97. The molecule has 0 saturated carbocycles. The molecule has 1 N–H and O–H groups in total. The van der Waals surface area contributed by atoms with E-state index in [4.69, 9.17) is 0 Å². The SMILES string of the molecule is CCC(C(=O)N(Cc1cc(NC(=O)c2cccc(F)c2)ccc1N(C)C)C(C)C(C)C)c1ccccc1. The van der Waals surface area contributed by atoms with Crippen molar-refractivity contribution in [2.45, 2.75) is 52.6 Å². The Morgan fingerprint density at radius 2 is 1.62 bits per heavy atom. The van der Waals surface area contributed by atoms with Gasteiger partial charge in [0.05, 0.1) is 5.92 Å². The number of rotatable bonds is 10. The van der Waals surface area contributed by atoms with Crippen LogP contribution >= 0.6 is 0 Å². The van der Waals surface area contributed by atoms with Gasteiger partial charge in [-0.25, -0.2) is 4.39 Å². The highest BCUT2D eigenvalue weighted by Crippen LogP contribution is 2.30. The van der Waals surface area contributed by atoms with Crippen molar-refractivity contribution in [2.24, 2.45) is 5.92 Å². The molecule has 2 atom stereocenters. The first-order chi connectivity index (χ1) is 17.6. The minimum absolute atomic E-state index is 0.00538. The quantitative estimate of drug-likeness (QED) is 0.334. The Labute approximate surface area is 220 Å². The van der Waals surface area contributed by atoms with Crippen molar-refractivity contribution in [2.75, 3.05) is 24.3 Å². The predicted molar refractivity (Wildman–Crippen MR) is 149 cm³/mol. The first kappa shape index (κ1) is 27.9. The maximum atomic E-state index is 14.0. The number of amides is 2. The van der Waals surface area contributed by atoms with E-state index >= 15 is 0 Å². The Morgan fingerprint density at radius 3 is 2.22 bits per heavy atom. The monoisotopic (exact) mass is 503 g/mol. The third-order valence-corrected chi connectivity index (χ3v) is 6.89. The van der Waals surface area contributed by atoms with Crippen LogP contribution in [0.2, 0.25) is 0 Å². The van der Waals surface area contributed by atoms with Gasteiger partial charge in [-0.3, -0.25) is 9.59 Å². The number of hydrogen-bond donors (Lipinski definition) is 1. The minimum Gasteiger partial charge on any atom is -0.377 e. The van der Waals surface area contributed by atoms with Crippen molar-refractivity contribution in [3.63, 3.8) is 0 Å². The average Bonchev–Trinajstić information content (AvgIpc) is 2.87. The van der Waals surface area contributed by atoms with E-state index in [1.54, 1.807) is 6.07 Å². The number of benzene rings is 3. The molecule has 0 radical (unpaired) electrons. The van der Waals surface area contributed by atoms with E-state index in [-0.39, 0.29) is 35.3 Å². The number of nitrogens with zero attached hydrogens (tertiary/aromatic N) is 2. The maximum Gasteiger partial charge on any atom is 0.255 e. The van der Waals surface area contributed by atoms with Crippen molar-refractivity contribution < 1.29 is 14.0 Å². The van der Waals surface area contributed by atoms with Crippen LogP contribution < -0.4 is 10.2 Å². The second-order valence-electron chi connectivity index (χ2n) is 10.0. The molecule has 0 aliphatic heterocycles. The van der Waals surface area contributed by atoms with E-state index in [9.17, 15) is 14.0 Å². The lowest BCUT2D eigenvalue weighted by Gasteiger charge is -2.36. The van der Waals surface area contributed by atoms with Crippen LogP contribution in [0.3, 0.4) is 0 Å². The highest BCUT2D eigenvalue weighted by molar-refractivity contribution is 6.04. The number of nitrogens with one attached hydrogen (secondary N) is 1. The highest BCUT2D eigenvalue weighted by atomic mass is 19.1. The van der Waals surface area contributed by atoms with E-state index in [0.29, 0.717) is 18.7 Å². The molecule has 0 aliphatic carbocycles. The zero-order valence-electron chi connectivity index (χ0n) is 22.7. The number of carbonyl (C=O) groups excluding carboxylic acids is 2. The molecule has 0 aromatic heterocycles. The molecule has 0 aliphatic rings. The molecule has 0 bridgehead atoms. The Morgan fingerprint density at radius 1 is 0.919 bits per heavy atom. The second-order valence-corrected chi connectivity index (χ2v) is 10.0. The molecule has 3 rings (SSSR count). The molecule has 6 heteroatoms. The fourth-order valence-electron chi connectivity index (χ4n) is 4.46. The van der Waals surface area contributed by atoms with Gasteiger partial charge in [-0.1, -0.05) is 57.2 Å². The van der Waals surface area contributed by atoms with E-state index in [1.807, 2.05) is 79.3 Å². The summed E-state index contributed by atoms with van der Waals surface area (Å²) in [6.07, 6.45) is 0.703. The third-order valence-electron chi connectivity index (χ3n) is 6.89. The summed E-state index contributed by atoms with van der Waals surface area (Å²) in [4.78, 5) is 30.7. The number of anilines is 2. The summed E-state index contributed by atoms with van der Waals surface area (Å²) in [6, 6.07) is 21.2. The summed E-state index contributed by atoms with van der Waals surface area (Å²) >= 11 is 0. The summed E-state index contributed by atoms with van der Waals surface area (Å²) in [5, 5.41) is 2.88. The van der Waals surface area contributed by atoms with Crippen LogP contribution in [-0.4, -0.2) is 36.9 Å². The highest BCUT2D eigenvalue weighted by Gasteiger charge is 2.30. The summed E-state index contributed by atoms with van der Waals surface area (Å²) < 4.78 is 13.6. The molecule has 0 spiro atoms. The van der Waals surface area contributed by atoms with Gasteiger partial charge in [-0.15, -0.1) is 0 Å². The number of carbonyl (C=O) groups is 2. The zero-order valence-corrected chi connectivity index (χ0v) is 22.7. The van der Waals surface area contributed by atoms with Gasteiger partial charge < -0.3 is 15.1 Å². The van der Waals surface area contributed by atoms with Crippen molar-refractivity contribution in [1.29, 1.82) is 0 Å². The Hall–Kier alpha value is -3.67. The topological polar surface area (TPSA) is 52.7 Å². The molecule has 196 valence electrons. The van der Waals surface area contributed by atoms with E-state index < -0.39 is 5.82 Å². The lowest BCUT2D eigenvalue weighted by molar-refractivity contribution is -0.136. The number of hydrogen-bond acceptors (Lipinski definition) is 3. The van der Waals surface area contributed by atoms with Gasteiger partial charge in [0.15, 0.2) is 0 Å². The Bertz CT molecular complexity index is 1210. The summed E-state index contributed by atoms with van der Waals surface area (Å²) in [6.45, 7) is 8.78. The molecule has 2 amide bonds. The van der Waals surface area contributed by atoms with Gasteiger partial charge >= 0.3 is 0 Å². The van der Waals surface area contributed by atoms with Gasteiger partial charge in [0.25, 0.3) is 5.91 Å². The summed E-state index contributed by atoms with van der Waals surface area (Å²) in [7, 11) is 3.92. The normalized spacial score (nSPS) is 12.6. The van der Waals surface area contributed by atoms with Gasteiger partial charge in [0, 0.05) is 43.6 Å². The fraction of sp³-hybridized carbons (Fsp3) is 0.355. The molecule has 3 aromatic rings. The largest absolute Gasteiger partial charge is 0.377 e. The van der Waals surface area contributed by atoms with Crippen molar-refractivity contribution in [3.05, 3.63) is 95.3 Å². The van der Waals surface area contributed by atoms with E-state index in [0.717, 1.165) is 16.8 Å². The van der Waals surface area contributed by atoms with Crippen LogP contribution in [0.25, 0.3) is 0 Å². The predicted octanol–water partition coefficient (Wildman–Crippen LogP) is 6.71. The average molecular weight is 504 g/mol. The van der Waals surface area contributed by atoms with Gasteiger partial charge in [-0.2, -0.15) is 0 Å². The Kier molecular flexibility index (Phi) is 9.45. The van der Waals surface area contributed by atoms with Crippen LogP contribution in [0.5, 0.6) is 0 Å². The molecule has 3 aromatic carbocycles. The summed E-state index contributed by atoms with van der Waals surface area (Å²) in [5.41, 5.74) is 3.74. The fourth-order valence-corrected chi connectivity index (χ4v) is 4.46. The van der Waals surface area contributed by atoms with Gasteiger partial charge in [-0.05, 0) is 66.8 Å². The summed E-state index contributed by atoms with van der Waals surface area (Å²) in [5.74, 6) is -0.732. The van der Waals surface area contributed by atoms with Crippen LogP contribution in [0.15, 0.2) is 72.8 Å². The lowest BCUT2D eigenvalue weighted by Crippen LogP contribution is -2.43. The first-order valence-corrected chi connectivity index (χ1v) is 12.8. The molecular weight excluding hydrogens is 465 g/mol. The first-order valence-electron chi connectivity index (χ1n) is 12.8. The molecule has 2 unspecified atom stereocenters. The standard InChI is InChI=1S/C31H38FN3O2/c1-7-28(23-12-9-8-10-13-23)31(37)35(22(4)21(2)3)20-25-19-27(16-17-29(25)34(5)6)33-30(36)24-14-11-15-26(32)18-24/h8-19,21-22,28H,7,20H2,1-6H3,(H,33,36). The number of halogens is 1. The zero-order chi connectivity index (χ0) is 27.1. The van der Waals surface area contributed by atoms with E-state index in [2.05, 4.69) is 26.1 Å². The van der Waals surface area contributed by atoms with Gasteiger partial charge in [0.2, 0.25) is 5.91 Å². The van der Waals surface area contributed by atoms with Crippen LogP contribution in [0.1, 0.15) is 61.5 Å². The smallest absolute Gasteiger partial charge is 0.255 e. The van der Waals surface area contributed by atoms with Crippen molar-refractivity contribution >= 4 is 23.2 Å². The van der Waals surface area contributed by atoms with Crippen LogP contribution in [-0.2, 0) is 11.3 Å². The minimum atomic E-state index is -0.461. The molecule has 0 fully saturated rings. The van der Waals surface area contributed by atoms with Crippen molar-refractivity contribution in [3.8, 4) is 0 Å². The Balaban J connectivity index is 1.96. The lowest BCUT2D eigenvalue weighted by atomic mass is 9.92. The molecule has 5 nitrogen and oxygen atoms in total. The second kappa shape index (κ2) is 12.5. The molecular formula is C31H38FN3O2. The van der Waals surface area contributed by atoms with Crippen LogP contribution in [0, 0.1) is 11.7 Å². The van der Waals surface area contributed by atoms with Crippen molar-refractivity contribution in [1.82, 2.24) is 4.90 Å². The maximum absolute atomic E-state index is 14.0. The van der Waals surface area contributed by atoms with Gasteiger partial charge in [0.1, 0.15) is 5.82 Å². The molecule has 37 heavy (non-hydrogen) atoms. The van der Waals surface area contributed by atoms with Crippen LogP contribution in [0.4, 0.5) is 15.8 Å². The van der Waals surface area contributed by atoms with E-state index in [1.165, 1.54) is 18.2 Å².